The zero-order chi connectivity index (χ0) is 81.4. The first-order valence-corrected chi connectivity index (χ1v) is 37.3. The van der Waals surface area contributed by atoms with Crippen molar-refractivity contribution >= 4 is 79.8 Å². The van der Waals surface area contributed by atoms with Gasteiger partial charge in [0.05, 0.1) is 179 Å². The van der Waals surface area contributed by atoms with Gasteiger partial charge in [0.25, 0.3) is 17.7 Å². The summed E-state index contributed by atoms with van der Waals surface area (Å²) < 4.78 is 76.8. The molecule has 9 aromatic rings. The van der Waals surface area contributed by atoms with Crippen LogP contribution in [0.25, 0.3) is 27.6 Å². The lowest BCUT2D eigenvalue weighted by molar-refractivity contribution is 0.000164. The van der Waals surface area contributed by atoms with E-state index in [1.165, 1.54) is 0 Å². The fourth-order valence-corrected chi connectivity index (χ4v) is 10.1. The second-order valence-corrected chi connectivity index (χ2v) is 28.4. The van der Waals surface area contributed by atoms with Crippen LogP contribution in [0.2, 0.25) is 0 Å². The predicted molar refractivity (Wildman–Crippen MR) is 427 cm³/mol. The van der Waals surface area contributed by atoms with Crippen LogP contribution in [0.1, 0.15) is 125 Å². The molecule has 113 heavy (non-hydrogen) atoms. The molecule has 0 saturated carbocycles. The molecular weight excluding hydrogens is 1460 g/mol. The summed E-state index contributed by atoms with van der Waals surface area (Å²) in [5.74, 6) is 1.45. The molecule has 0 unspecified atom stereocenters. The minimum absolute atomic E-state index is 0.000415. The van der Waals surface area contributed by atoms with E-state index in [-0.39, 0.29) is 41.7 Å². The third kappa shape index (κ3) is 32.2. The number of carbonyl (C=O) groups is 6. The number of amides is 3. The molecule has 0 aliphatic carbocycles. The van der Waals surface area contributed by atoms with Gasteiger partial charge in [-0.25, -0.2) is 15.0 Å². The third-order valence-corrected chi connectivity index (χ3v) is 16.1. The number of fused-ring (bicyclic) bond motifs is 3. The van der Waals surface area contributed by atoms with E-state index in [2.05, 4.69) is 40.9 Å². The molecule has 6 N–H and O–H groups in total. The molecule has 0 saturated heterocycles. The van der Waals surface area contributed by atoms with Crippen LogP contribution in [0.15, 0.2) is 134 Å². The smallest absolute Gasteiger partial charge is 0.256 e. The Hall–Kier alpha value is -9.93. The number of aromatic amines is 2. The minimum atomic E-state index is -0.524. The quantitative estimate of drug-likeness (QED) is 0.0152. The zero-order valence-corrected chi connectivity index (χ0v) is 66.6. The molecule has 0 radical (unpaired) electrons. The molecule has 0 aliphatic heterocycles. The van der Waals surface area contributed by atoms with Crippen molar-refractivity contribution < 1.29 is 100 Å². The Morgan fingerprint density at radius 1 is 0.389 bits per heavy atom. The van der Waals surface area contributed by atoms with Gasteiger partial charge in [0, 0.05) is 70.3 Å². The van der Waals surface area contributed by atoms with Gasteiger partial charge in [-0.15, -0.1) is 0 Å². The maximum Gasteiger partial charge on any atom is 0.256 e. The number of methoxy groups -OCH3 is 2. The first kappa shape index (κ1) is 90.3. The molecule has 9 rings (SSSR count). The highest BCUT2D eigenvalue weighted by atomic mass is 16.6. The van der Waals surface area contributed by atoms with Crippen LogP contribution in [0, 0.1) is 16.2 Å². The highest BCUT2D eigenvalue weighted by molar-refractivity contribution is 6.08. The first-order valence-electron chi connectivity index (χ1n) is 37.3. The number of aliphatic hydroxyl groups is 1. The van der Waals surface area contributed by atoms with Gasteiger partial charge in [0.1, 0.15) is 59.9 Å². The molecule has 0 aliphatic rings. The molecule has 3 amide bonds. The summed E-state index contributed by atoms with van der Waals surface area (Å²) in [5.41, 5.74) is 4.41. The van der Waals surface area contributed by atoms with Gasteiger partial charge >= 0.3 is 0 Å². The normalized spacial score (nSPS) is 11.6. The van der Waals surface area contributed by atoms with E-state index in [1.54, 1.807) is 153 Å². The van der Waals surface area contributed by atoms with Crippen molar-refractivity contribution in [1.82, 2.24) is 29.3 Å². The Kier molecular flexibility index (Phi) is 38.0. The zero-order valence-electron chi connectivity index (χ0n) is 66.6. The summed E-state index contributed by atoms with van der Waals surface area (Å²) >= 11 is 0. The molecule has 0 fully saturated rings. The molecule has 612 valence electrons. The van der Waals surface area contributed by atoms with Crippen LogP contribution in [0.4, 0.5) is 17.2 Å². The van der Waals surface area contributed by atoms with Crippen LogP contribution in [-0.4, -0.2) is 242 Å². The van der Waals surface area contributed by atoms with Gasteiger partial charge in [-0.2, -0.15) is 0 Å². The van der Waals surface area contributed by atoms with Crippen molar-refractivity contribution in [3.63, 3.8) is 0 Å². The Morgan fingerprint density at radius 2 is 0.770 bits per heavy atom. The number of nitrogens with one attached hydrogen (secondary N) is 5. The average molecular weight is 1570 g/mol. The first-order chi connectivity index (χ1) is 54.3. The highest BCUT2D eigenvalue weighted by Crippen LogP contribution is 2.28. The standard InChI is InChI=1S/2C28H37N3O7.C27H35N3O7/c1-28(2,3)25(32)24-18-21-17-22(19-29-26(21)31-24)30-27(33)20-5-7-23(8-6-20)38-16-15-37-14-13-36-12-11-35-10-9-34-4;1-28(2,3)26(32)23-17-21-18-25(29-19-24(21)30-23)31-27(33)20-5-7-22(8-6-20)38-16-15-37-14-13-36-12-11-35-10-9-34-4;1-27(2,3)25(32)23-19-30-18-21(6-9-24(30)29-23)28-26(33)20-4-7-22(8-5-20)37-17-16-36-15-14-35-13-12-34-11-10-31/h5-8,17-19H,9-16H2,1-4H3,(H,29,31)(H,30,33);5-8,17-19,30H,9-16H2,1-4H3,(H,29,31,33);4-9,18-19,31H,10-17H2,1-3H3,(H,28,33). The third-order valence-electron chi connectivity index (χ3n) is 16.1. The molecule has 6 heterocycles. The molecular formula is C83H109N9O21. The number of H-pyrrole nitrogens is 2. The molecule has 30 nitrogen and oxygen atoms in total. The maximum atomic E-state index is 12.7. The van der Waals surface area contributed by atoms with Crippen LogP contribution < -0.4 is 30.2 Å². The molecule has 3 aromatic carbocycles. The maximum absolute atomic E-state index is 12.7. The van der Waals surface area contributed by atoms with Crippen LogP contribution in [0.3, 0.4) is 0 Å². The van der Waals surface area contributed by atoms with Gasteiger partial charge in [-0.05, 0) is 109 Å². The van der Waals surface area contributed by atoms with Gasteiger partial charge < -0.3 is 102 Å². The number of pyridine rings is 3. The van der Waals surface area contributed by atoms with E-state index in [9.17, 15) is 28.8 Å². The number of benzene rings is 3. The molecule has 30 heteroatoms. The predicted octanol–water partition coefficient (Wildman–Crippen LogP) is 11.5. The fourth-order valence-electron chi connectivity index (χ4n) is 10.1. The van der Waals surface area contributed by atoms with E-state index < -0.39 is 16.2 Å². The summed E-state index contributed by atoms with van der Waals surface area (Å²) in [6.07, 6.45) is 6.57. The van der Waals surface area contributed by atoms with Gasteiger partial charge in [0.15, 0.2) is 17.3 Å². The molecule has 0 atom stereocenters. The second kappa shape index (κ2) is 47.6. The van der Waals surface area contributed by atoms with Crippen molar-refractivity contribution in [3.05, 3.63) is 168 Å². The Labute approximate surface area is 658 Å². The topological polar surface area (TPSA) is 363 Å². The summed E-state index contributed by atoms with van der Waals surface area (Å²) in [4.78, 5) is 94.8. The van der Waals surface area contributed by atoms with E-state index in [1.807, 2.05) is 62.3 Å². The van der Waals surface area contributed by atoms with Crippen molar-refractivity contribution in [3.8, 4) is 17.2 Å². The van der Waals surface area contributed by atoms with Crippen molar-refractivity contribution in [1.29, 1.82) is 0 Å². The number of aromatic nitrogens is 6. The van der Waals surface area contributed by atoms with E-state index in [4.69, 9.17) is 71.4 Å². The van der Waals surface area contributed by atoms with Crippen LogP contribution in [-0.2, 0) is 52.1 Å². The second-order valence-electron chi connectivity index (χ2n) is 28.4. The number of Topliss-reactive ketones (excluding diaryl/α,β-unsaturated/α-hetero) is 3. The van der Waals surface area contributed by atoms with Crippen molar-refractivity contribution in [2.24, 2.45) is 16.2 Å². The van der Waals surface area contributed by atoms with Gasteiger partial charge in [-0.1, -0.05) is 62.3 Å². The number of hydrogen-bond donors (Lipinski definition) is 6. The number of hydrogen-bond acceptors (Lipinski definition) is 24. The fraction of sp³-hybridized carbons (Fsp3) is 0.458. The number of aliphatic hydroxyl groups excluding tert-OH is 1. The Morgan fingerprint density at radius 3 is 1.19 bits per heavy atom. The monoisotopic (exact) mass is 1570 g/mol. The summed E-state index contributed by atoms with van der Waals surface area (Å²) in [6, 6.07) is 31.1. The average Bonchev–Trinajstić information content (AvgIpc) is 1.68. The number of ether oxygens (including phenoxy) is 14. The number of rotatable bonds is 47. The van der Waals surface area contributed by atoms with Gasteiger partial charge in [-0.3, -0.25) is 28.8 Å². The summed E-state index contributed by atoms with van der Waals surface area (Å²) in [6.45, 7) is 27.6. The number of nitrogens with zero attached hydrogens (tertiary/aromatic N) is 4. The number of carbonyl (C=O) groups excluding carboxylic acids is 6. The Balaban J connectivity index is 0.000000235. The van der Waals surface area contributed by atoms with Crippen molar-refractivity contribution in [2.45, 2.75) is 62.3 Å². The molecule has 0 bridgehead atoms. The molecule has 0 spiro atoms. The number of anilines is 3. The number of imidazole rings is 1. The Bertz CT molecular complexity index is 4190. The van der Waals surface area contributed by atoms with E-state index >= 15 is 0 Å². The SMILES string of the molecule is CC(C)(C)C(=O)c1cn2cc(NC(=O)c3ccc(OCCOCCOCCOCCO)cc3)ccc2n1.COCCOCCOCCOCCOc1ccc(C(=O)Nc2cc3cc(C(=O)C(C)(C)C)[nH]c3cn2)cc1.COCCOCCOCCOCCOc1ccc(C(=O)Nc2cnc3[nH]c(C(=O)C(C)(C)C)cc3c2)cc1. The van der Waals surface area contributed by atoms with E-state index in [0.717, 1.165) is 16.3 Å². The van der Waals surface area contributed by atoms with Crippen LogP contribution in [0.5, 0.6) is 17.2 Å². The minimum Gasteiger partial charge on any atom is -0.491 e. The molecule has 6 aromatic heterocycles. The van der Waals surface area contributed by atoms with E-state index in [0.29, 0.717) is 231 Å². The lowest BCUT2D eigenvalue weighted by Crippen LogP contribution is -2.20. The summed E-state index contributed by atoms with van der Waals surface area (Å²) in [7, 11) is 3.27. The van der Waals surface area contributed by atoms with Crippen LogP contribution >= 0.6 is 0 Å². The summed E-state index contributed by atoms with van der Waals surface area (Å²) in [5, 5.41) is 18.7. The largest absolute Gasteiger partial charge is 0.491 e. The lowest BCUT2D eigenvalue weighted by atomic mass is 9.89. The van der Waals surface area contributed by atoms with Crippen molar-refractivity contribution in [2.75, 3.05) is 189 Å². The van der Waals surface area contributed by atoms with Gasteiger partial charge in [0.2, 0.25) is 0 Å². The number of ketones is 3. The lowest BCUT2D eigenvalue weighted by Gasteiger charge is -2.14. The highest BCUT2D eigenvalue weighted by Gasteiger charge is 2.28.